The van der Waals surface area contributed by atoms with Crippen LogP contribution >= 0.6 is 0 Å². The van der Waals surface area contributed by atoms with Crippen LogP contribution in [0.15, 0.2) is 18.2 Å². The van der Waals surface area contributed by atoms with Gasteiger partial charge in [-0.2, -0.15) is 0 Å². The summed E-state index contributed by atoms with van der Waals surface area (Å²) < 4.78 is 0. The van der Waals surface area contributed by atoms with Crippen molar-refractivity contribution in [3.63, 3.8) is 0 Å². The smallest absolute Gasteiger partial charge is 0.227 e. The van der Waals surface area contributed by atoms with E-state index in [1.165, 1.54) is 17.5 Å². The number of hydrogen-bond donors (Lipinski definition) is 0. The van der Waals surface area contributed by atoms with E-state index in [1.807, 2.05) is 6.07 Å². The number of fused-ring (bicyclic) bond motifs is 1. The van der Waals surface area contributed by atoms with Crippen LogP contribution in [0.2, 0.25) is 0 Å². The van der Waals surface area contributed by atoms with Crippen molar-refractivity contribution in [3.05, 3.63) is 29.3 Å². The first kappa shape index (κ1) is 13.2. The van der Waals surface area contributed by atoms with Gasteiger partial charge in [0.15, 0.2) is 0 Å². The molecule has 0 saturated carbocycles. The lowest BCUT2D eigenvalue weighted by Crippen LogP contribution is -2.32. The summed E-state index contributed by atoms with van der Waals surface area (Å²) >= 11 is 0. The molecule has 0 aromatic heterocycles. The second-order valence-corrected chi connectivity index (χ2v) is 5.94. The predicted octanol–water partition coefficient (Wildman–Crippen LogP) is 1.62. The van der Waals surface area contributed by atoms with E-state index in [1.54, 1.807) is 23.9 Å². The van der Waals surface area contributed by atoms with Gasteiger partial charge in [0.2, 0.25) is 11.8 Å². The van der Waals surface area contributed by atoms with Gasteiger partial charge >= 0.3 is 0 Å². The Morgan fingerprint density at radius 3 is 2.75 bits per heavy atom. The summed E-state index contributed by atoms with van der Waals surface area (Å²) in [5.74, 6) is -0.101. The number of aryl methyl sites for hydroxylation is 2. The van der Waals surface area contributed by atoms with Crippen molar-refractivity contribution >= 4 is 17.5 Å². The highest BCUT2D eigenvalue weighted by atomic mass is 16.2. The highest BCUT2D eigenvalue weighted by molar-refractivity contribution is 6.00. The molecule has 20 heavy (non-hydrogen) atoms. The molecule has 1 heterocycles. The standard InChI is InChI=1S/C16H20N2O2/c1-17(2)16(20)13-9-15(19)18(10-13)14-7-6-11-4-3-5-12(11)8-14/h6-8,13H,3-5,9-10H2,1-2H3/t13-/m0/s1. The highest BCUT2D eigenvalue weighted by Gasteiger charge is 2.36. The van der Waals surface area contributed by atoms with Crippen LogP contribution in [0.4, 0.5) is 5.69 Å². The second-order valence-electron chi connectivity index (χ2n) is 5.94. The van der Waals surface area contributed by atoms with Crippen molar-refractivity contribution in [3.8, 4) is 0 Å². The number of rotatable bonds is 2. The molecule has 1 aliphatic heterocycles. The molecule has 2 amide bonds. The normalized spacial score (nSPS) is 21.2. The van der Waals surface area contributed by atoms with Crippen molar-refractivity contribution in [1.82, 2.24) is 4.90 Å². The van der Waals surface area contributed by atoms with Gasteiger partial charge in [-0.05, 0) is 42.5 Å². The highest BCUT2D eigenvalue weighted by Crippen LogP contribution is 2.30. The molecule has 106 valence electrons. The Morgan fingerprint density at radius 2 is 2.00 bits per heavy atom. The van der Waals surface area contributed by atoms with Gasteiger partial charge < -0.3 is 9.80 Å². The van der Waals surface area contributed by atoms with Crippen molar-refractivity contribution in [2.75, 3.05) is 25.5 Å². The maximum absolute atomic E-state index is 12.2. The van der Waals surface area contributed by atoms with E-state index in [0.29, 0.717) is 13.0 Å². The first-order valence-corrected chi connectivity index (χ1v) is 7.19. The molecule has 0 bridgehead atoms. The lowest BCUT2D eigenvalue weighted by atomic mass is 10.1. The molecule has 1 fully saturated rings. The topological polar surface area (TPSA) is 40.6 Å². The van der Waals surface area contributed by atoms with E-state index in [0.717, 1.165) is 18.5 Å². The predicted molar refractivity (Wildman–Crippen MR) is 77.6 cm³/mol. The Labute approximate surface area is 119 Å². The molecule has 1 aromatic carbocycles. The summed E-state index contributed by atoms with van der Waals surface area (Å²) in [5, 5.41) is 0. The van der Waals surface area contributed by atoms with E-state index in [-0.39, 0.29) is 17.7 Å². The Hall–Kier alpha value is -1.84. The third kappa shape index (κ3) is 2.19. The fourth-order valence-corrected chi connectivity index (χ4v) is 3.21. The molecular weight excluding hydrogens is 252 g/mol. The molecule has 1 aromatic rings. The van der Waals surface area contributed by atoms with Gasteiger partial charge in [-0.15, -0.1) is 0 Å². The van der Waals surface area contributed by atoms with Gasteiger partial charge in [0.25, 0.3) is 0 Å². The Morgan fingerprint density at radius 1 is 1.25 bits per heavy atom. The number of nitrogens with zero attached hydrogens (tertiary/aromatic N) is 2. The minimum atomic E-state index is -0.203. The minimum Gasteiger partial charge on any atom is -0.349 e. The number of benzene rings is 1. The van der Waals surface area contributed by atoms with Crippen LogP contribution in [0.3, 0.4) is 0 Å². The van der Waals surface area contributed by atoms with Crippen LogP contribution in [0.1, 0.15) is 24.0 Å². The Kier molecular flexibility index (Phi) is 3.24. The number of carbonyl (C=O) groups excluding carboxylic acids is 2. The maximum Gasteiger partial charge on any atom is 0.227 e. The van der Waals surface area contributed by atoms with Crippen LogP contribution in [0.25, 0.3) is 0 Å². The lowest BCUT2D eigenvalue weighted by Gasteiger charge is -2.19. The molecule has 0 N–H and O–H groups in total. The average Bonchev–Trinajstić information content (AvgIpc) is 3.02. The second kappa shape index (κ2) is 4.93. The van der Waals surface area contributed by atoms with Crippen LogP contribution in [0.5, 0.6) is 0 Å². The Bertz CT molecular complexity index is 566. The van der Waals surface area contributed by atoms with E-state index in [9.17, 15) is 9.59 Å². The van der Waals surface area contributed by atoms with Crippen LogP contribution in [-0.4, -0.2) is 37.4 Å². The van der Waals surface area contributed by atoms with Crippen molar-refractivity contribution in [1.29, 1.82) is 0 Å². The van der Waals surface area contributed by atoms with Crippen molar-refractivity contribution < 1.29 is 9.59 Å². The molecule has 0 spiro atoms. The molecule has 1 aliphatic carbocycles. The van der Waals surface area contributed by atoms with Crippen molar-refractivity contribution in [2.45, 2.75) is 25.7 Å². The first-order chi connectivity index (χ1) is 9.56. The quantitative estimate of drug-likeness (QED) is 0.821. The molecule has 1 saturated heterocycles. The van der Waals surface area contributed by atoms with E-state index < -0.39 is 0 Å². The molecule has 3 rings (SSSR count). The van der Waals surface area contributed by atoms with E-state index in [2.05, 4.69) is 12.1 Å². The zero-order valence-electron chi connectivity index (χ0n) is 12.1. The molecule has 4 heteroatoms. The summed E-state index contributed by atoms with van der Waals surface area (Å²) in [5.41, 5.74) is 3.71. The summed E-state index contributed by atoms with van der Waals surface area (Å²) in [6.07, 6.45) is 3.78. The van der Waals surface area contributed by atoms with Crippen LogP contribution < -0.4 is 4.90 Å². The molecule has 0 radical (unpaired) electrons. The summed E-state index contributed by atoms with van der Waals surface area (Å²) in [6.45, 7) is 0.509. The molecule has 1 atom stereocenters. The molecule has 0 unspecified atom stereocenters. The van der Waals surface area contributed by atoms with Gasteiger partial charge in [0, 0.05) is 32.7 Å². The van der Waals surface area contributed by atoms with Crippen LogP contribution in [-0.2, 0) is 22.4 Å². The fraction of sp³-hybridized carbons (Fsp3) is 0.500. The summed E-state index contributed by atoms with van der Waals surface area (Å²) in [7, 11) is 3.48. The van der Waals surface area contributed by atoms with Crippen molar-refractivity contribution in [2.24, 2.45) is 5.92 Å². The van der Waals surface area contributed by atoms with E-state index in [4.69, 9.17) is 0 Å². The Balaban J connectivity index is 1.81. The number of amides is 2. The first-order valence-electron chi connectivity index (χ1n) is 7.19. The van der Waals surface area contributed by atoms with Crippen LogP contribution in [0, 0.1) is 5.92 Å². The third-order valence-corrected chi connectivity index (χ3v) is 4.31. The van der Waals surface area contributed by atoms with Gasteiger partial charge in [0.05, 0.1) is 5.92 Å². The third-order valence-electron chi connectivity index (χ3n) is 4.31. The largest absolute Gasteiger partial charge is 0.349 e. The fourth-order valence-electron chi connectivity index (χ4n) is 3.21. The summed E-state index contributed by atoms with van der Waals surface area (Å²) in [4.78, 5) is 27.5. The zero-order chi connectivity index (χ0) is 14.3. The SMILES string of the molecule is CN(C)C(=O)[C@H]1CC(=O)N(c2ccc3c(c2)CCC3)C1. The van der Waals surface area contributed by atoms with Gasteiger partial charge in [0.1, 0.15) is 0 Å². The minimum absolute atomic E-state index is 0.0435. The zero-order valence-corrected chi connectivity index (χ0v) is 12.1. The summed E-state index contributed by atoms with van der Waals surface area (Å²) in [6, 6.07) is 6.28. The van der Waals surface area contributed by atoms with Gasteiger partial charge in [-0.25, -0.2) is 0 Å². The molecule has 2 aliphatic rings. The van der Waals surface area contributed by atoms with Gasteiger partial charge in [-0.1, -0.05) is 6.07 Å². The van der Waals surface area contributed by atoms with E-state index >= 15 is 0 Å². The molecule has 4 nitrogen and oxygen atoms in total. The average molecular weight is 272 g/mol. The monoisotopic (exact) mass is 272 g/mol. The number of hydrogen-bond acceptors (Lipinski definition) is 2. The number of carbonyl (C=O) groups is 2. The molecular formula is C16H20N2O2. The lowest BCUT2D eigenvalue weighted by molar-refractivity contribution is -0.133. The van der Waals surface area contributed by atoms with Gasteiger partial charge in [-0.3, -0.25) is 9.59 Å². The maximum atomic E-state index is 12.2. The number of anilines is 1.